The monoisotopic (exact) mass is 448 g/mol. The van der Waals surface area contributed by atoms with Crippen molar-refractivity contribution >= 4 is 11.9 Å². The Hall–Kier alpha value is -4.59. The van der Waals surface area contributed by atoms with Crippen molar-refractivity contribution in [2.45, 2.75) is 13.1 Å². The van der Waals surface area contributed by atoms with E-state index in [1.165, 1.54) is 4.57 Å². The highest BCUT2D eigenvalue weighted by atomic mass is 16.5. The molecule has 0 aliphatic heterocycles. The molecule has 1 heterocycles. The summed E-state index contributed by atoms with van der Waals surface area (Å²) >= 11 is 0. The first-order valence-corrected chi connectivity index (χ1v) is 10.0. The Labute approximate surface area is 189 Å². The average molecular weight is 448 g/mol. The molecule has 0 atom stereocenters. The summed E-state index contributed by atoms with van der Waals surface area (Å²) in [5, 5.41) is 12.1. The highest BCUT2D eigenvalue weighted by Gasteiger charge is 2.14. The van der Waals surface area contributed by atoms with Gasteiger partial charge in [0.15, 0.2) is 5.96 Å². The number of aromatic nitrogens is 3. The van der Waals surface area contributed by atoms with Gasteiger partial charge in [0.05, 0.1) is 38.4 Å². The highest BCUT2D eigenvalue weighted by Crippen LogP contribution is 2.13. The number of nitrogens with one attached hydrogen (secondary N) is 1. The summed E-state index contributed by atoms with van der Waals surface area (Å²) in [4.78, 5) is 34.0. The van der Waals surface area contributed by atoms with Crippen LogP contribution in [-0.2, 0) is 13.1 Å². The fraction of sp³-hybridized carbons (Fsp3) is 0.227. The molecule has 170 valence electrons. The van der Waals surface area contributed by atoms with Crippen LogP contribution >= 0.6 is 0 Å². The van der Waals surface area contributed by atoms with Gasteiger partial charge in [0.1, 0.15) is 5.75 Å². The molecule has 0 unspecified atom stereocenters. The number of benzene rings is 2. The van der Waals surface area contributed by atoms with Crippen molar-refractivity contribution in [3.05, 3.63) is 86.2 Å². The Bertz CT molecular complexity index is 1300. The minimum Gasteiger partial charge on any atom is -0.497 e. The number of methoxy groups -OCH3 is 1. The molecule has 0 bridgehead atoms. The molecule has 0 aliphatic carbocycles. The van der Waals surface area contributed by atoms with Gasteiger partial charge in [0.2, 0.25) is 5.95 Å². The lowest BCUT2D eigenvalue weighted by Gasteiger charge is -2.15. The maximum atomic E-state index is 13.3. The van der Waals surface area contributed by atoms with Gasteiger partial charge in [-0.05, 0) is 35.4 Å². The summed E-state index contributed by atoms with van der Waals surface area (Å²) in [7, 11) is 1.57. The lowest BCUT2D eigenvalue weighted by atomic mass is 10.1. The predicted molar refractivity (Wildman–Crippen MR) is 124 cm³/mol. The quantitative estimate of drug-likeness (QED) is 0.235. The molecular formula is C22H24N8O3. The number of guanidine groups is 1. The molecule has 0 fully saturated rings. The normalized spacial score (nSPS) is 10.3. The lowest BCUT2D eigenvalue weighted by Crippen LogP contribution is -2.43. The number of rotatable bonds is 9. The van der Waals surface area contributed by atoms with Crippen molar-refractivity contribution in [3.8, 4) is 11.8 Å². The molecule has 0 saturated heterocycles. The molecule has 3 aromatic rings. The molecular weight excluding hydrogens is 424 g/mol. The van der Waals surface area contributed by atoms with E-state index in [9.17, 15) is 9.59 Å². The third-order valence-electron chi connectivity index (χ3n) is 4.74. The zero-order valence-corrected chi connectivity index (χ0v) is 18.1. The van der Waals surface area contributed by atoms with E-state index in [4.69, 9.17) is 21.5 Å². The second-order valence-corrected chi connectivity index (χ2v) is 7.07. The topological polar surface area (TPSA) is 166 Å². The molecule has 11 heteroatoms. The van der Waals surface area contributed by atoms with Gasteiger partial charge in [-0.3, -0.25) is 9.56 Å². The first-order valence-electron chi connectivity index (χ1n) is 10.0. The fourth-order valence-corrected chi connectivity index (χ4v) is 3.13. The van der Waals surface area contributed by atoms with Crippen molar-refractivity contribution in [2.75, 3.05) is 25.5 Å². The summed E-state index contributed by atoms with van der Waals surface area (Å²) in [6.07, 6.45) is 0. The van der Waals surface area contributed by atoms with E-state index in [2.05, 4.69) is 15.3 Å². The number of hydrogen-bond acceptors (Lipinski definition) is 7. The Morgan fingerprint density at radius 2 is 1.85 bits per heavy atom. The summed E-state index contributed by atoms with van der Waals surface area (Å²) < 4.78 is 7.57. The zero-order chi connectivity index (χ0) is 23.8. The minimum absolute atomic E-state index is 0.0168. The van der Waals surface area contributed by atoms with Gasteiger partial charge in [0.25, 0.3) is 0 Å². The van der Waals surface area contributed by atoms with Gasteiger partial charge in [-0.2, -0.15) is 10.2 Å². The largest absolute Gasteiger partial charge is 0.497 e. The smallest absolute Gasteiger partial charge is 0.355 e. The van der Waals surface area contributed by atoms with Crippen LogP contribution in [0, 0.1) is 11.3 Å². The second-order valence-electron chi connectivity index (χ2n) is 7.07. The number of hydrogen-bond donors (Lipinski definition) is 3. The number of nitriles is 1. The molecule has 0 saturated carbocycles. The van der Waals surface area contributed by atoms with Gasteiger partial charge in [-0.25, -0.2) is 14.2 Å². The zero-order valence-electron chi connectivity index (χ0n) is 18.1. The molecule has 11 nitrogen and oxygen atoms in total. The number of nitrogens with zero attached hydrogens (tertiary/aromatic N) is 5. The standard InChI is InChI=1S/C22H24N8O3/c1-33-18-7-5-15(6-8-18)13-29-20(27-10-9-26-19(24)25)28-21(31)30(22(29)32)14-17-4-2-3-16(11-17)12-23/h2-8,11H,9-10,13-14H2,1H3,(H4,24,25,26)(H,27,28,31). The third kappa shape index (κ3) is 5.98. The Morgan fingerprint density at radius 3 is 2.52 bits per heavy atom. The van der Waals surface area contributed by atoms with Gasteiger partial charge in [-0.1, -0.05) is 24.3 Å². The van der Waals surface area contributed by atoms with Crippen molar-refractivity contribution in [1.29, 1.82) is 5.26 Å². The Balaban J connectivity index is 1.99. The van der Waals surface area contributed by atoms with Crippen LogP contribution < -0.4 is 32.9 Å². The first kappa shape index (κ1) is 23.1. The summed E-state index contributed by atoms with van der Waals surface area (Å²) in [6.45, 7) is 0.654. The molecule has 0 amide bonds. The Morgan fingerprint density at radius 1 is 1.12 bits per heavy atom. The van der Waals surface area contributed by atoms with Crippen molar-refractivity contribution in [1.82, 2.24) is 14.1 Å². The molecule has 5 N–H and O–H groups in total. The molecule has 33 heavy (non-hydrogen) atoms. The van der Waals surface area contributed by atoms with Crippen LogP contribution in [0.5, 0.6) is 5.75 Å². The van der Waals surface area contributed by atoms with E-state index >= 15 is 0 Å². The van der Waals surface area contributed by atoms with Crippen LogP contribution in [0.25, 0.3) is 0 Å². The SMILES string of the molecule is COc1ccc(Cn2c(NCCN=C(N)N)nc(=O)n(Cc3cccc(C#N)c3)c2=O)cc1. The maximum absolute atomic E-state index is 13.3. The molecule has 2 aromatic carbocycles. The molecule has 3 rings (SSSR count). The van der Waals surface area contributed by atoms with Crippen LogP contribution in [0.2, 0.25) is 0 Å². The third-order valence-corrected chi connectivity index (χ3v) is 4.74. The number of ether oxygens (including phenoxy) is 1. The average Bonchev–Trinajstić information content (AvgIpc) is 2.82. The van der Waals surface area contributed by atoms with E-state index in [0.717, 1.165) is 10.1 Å². The van der Waals surface area contributed by atoms with E-state index < -0.39 is 11.4 Å². The van der Waals surface area contributed by atoms with Gasteiger partial charge >= 0.3 is 11.4 Å². The van der Waals surface area contributed by atoms with Crippen LogP contribution in [-0.4, -0.2) is 40.3 Å². The lowest BCUT2D eigenvalue weighted by molar-refractivity contribution is 0.414. The van der Waals surface area contributed by atoms with Crippen LogP contribution in [0.3, 0.4) is 0 Å². The van der Waals surface area contributed by atoms with E-state index in [1.807, 2.05) is 18.2 Å². The van der Waals surface area contributed by atoms with Crippen LogP contribution in [0.4, 0.5) is 5.95 Å². The first-order chi connectivity index (χ1) is 15.9. The Kier molecular flexibility index (Phi) is 7.43. The van der Waals surface area contributed by atoms with Crippen LogP contribution in [0.1, 0.15) is 16.7 Å². The van der Waals surface area contributed by atoms with Gasteiger partial charge < -0.3 is 21.5 Å². The summed E-state index contributed by atoms with van der Waals surface area (Å²) in [5.74, 6) is 0.728. The summed E-state index contributed by atoms with van der Waals surface area (Å²) in [6, 6.07) is 16.0. The fourth-order valence-electron chi connectivity index (χ4n) is 3.13. The number of anilines is 1. The van der Waals surface area contributed by atoms with E-state index in [0.29, 0.717) is 16.9 Å². The molecule has 0 radical (unpaired) electrons. The maximum Gasteiger partial charge on any atom is 0.355 e. The molecule has 1 aromatic heterocycles. The van der Waals surface area contributed by atoms with Gasteiger partial charge in [0, 0.05) is 6.54 Å². The van der Waals surface area contributed by atoms with Crippen molar-refractivity contribution in [2.24, 2.45) is 16.5 Å². The summed E-state index contributed by atoms with van der Waals surface area (Å²) in [5.41, 5.74) is 11.3. The van der Waals surface area contributed by atoms with Crippen molar-refractivity contribution < 1.29 is 4.74 Å². The number of nitrogens with two attached hydrogens (primary N) is 2. The highest BCUT2D eigenvalue weighted by molar-refractivity contribution is 5.75. The van der Waals surface area contributed by atoms with E-state index in [-0.39, 0.29) is 38.1 Å². The molecule has 0 spiro atoms. The van der Waals surface area contributed by atoms with Gasteiger partial charge in [-0.15, -0.1) is 0 Å². The number of aliphatic imine (C=N–C) groups is 1. The molecule has 0 aliphatic rings. The minimum atomic E-state index is -0.710. The second kappa shape index (κ2) is 10.6. The predicted octanol–water partition coefficient (Wildman–Crippen LogP) is 0.0672. The van der Waals surface area contributed by atoms with Crippen LogP contribution in [0.15, 0.2) is 63.1 Å². The van der Waals surface area contributed by atoms with Crippen molar-refractivity contribution in [3.63, 3.8) is 0 Å². The van der Waals surface area contributed by atoms with E-state index in [1.54, 1.807) is 43.5 Å².